The molecule has 162 valence electrons. The maximum absolute atomic E-state index is 10.6. The Hall–Kier alpha value is -2.00. The molecule has 0 amide bonds. The lowest BCUT2D eigenvalue weighted by molar-refractivity contribution is 0.0431. The number of rotatable bonds is 12. The van der Waals surface area contributed by atoms with Crippen LogP contribution in [0.2, 0.25) is 0 Å². The van der Waals surface area contributed by atoms with E-state index in [1.807, 2.05) is 6.92 Å². The standard InChI is InChI=1S/C26H40O3/c1-20(2)10-6-11-21(3)12-7-13-22(4)14-9-18-26(5,29)19-17-23-15-8-16-24(27)25(23)28/h8,10,12,14-16,27-29H,6-7,9,11,13,17-19H2,1-5H3/b21-12+,22-14+. The van der Waals surface area contributed by atoms with Gasteiger partial charge in [0.15, 0.2) is 11.5 Å². The van der Waals surface area contributed by atoms with E-state index in [-0.39, 0.29) is 11.5 Å². The second-order valence-electron chi connectivity index (χ2n) is 8.78. The van der Waals surface area contributed by atoms with E-state index in [1.54, 1.807) is 12.1 Å². The van der Waals surface area contributed by atoms with E-state index in [4.69, 9.17) is 0 Å². The average molecular weight is 401 g/mol. The first-order valence-corrected chi connectivity index (χ1v) is 10.8. The number of phenols is 2. The first-order valence-electron chi connectivity index (χ1n) is 10.8. The first-order chi connectivity index (χ1) is 13.6. The molecule has 1 rings (SSSR count). The van der Waals surface area contributed by atoms with E-state index in [2.05, 4.69) is 45.9 Å². The molecule has 0 aliphatic heterocycles. The molecule has 3 nitrogen and oxygen atoms in total. The highest BCUT2D eigenvalue weighted by Gasteiger charge is 2.20. The zero-order valence-corrected chi connectivity index (χ0v) is 19.0. The van der Waals surface area contributed by atoms with Crippen molar-refractivity contribution in [1.82, 2.24) is 0 Å². The molecule has 0 saturated heterocycles. The summed E-state index contributed by atoms with van der Waals surface area (Å²) in [6.45, 7) is 10.5. The number of benzene rings is 1. The van der Waals surface area contributed by atoms with Crippen molar-refractivity contribution in [1.29, 1.82) is 0 Å². The van der Waals surface area contributed by atoms with Gasteiger partial charge < -0.3 is 15.3 Å². The van der Waals surface area contributed by atoms with Gasteiger partial charge in [-0.3, -0.25) is 0 Å². The summed E-state index contributed by atoms with van der Waals surface area (Å²) in [6.07, 6.45) is 13.8. The number of hydrogen-bond donors (Lipinski definition) is 3. The lowest BCUT2D eigenvalue weighted by atomic mass is 9.91. The van der Waals surface area contributed by atoms with Crippen molar-refractivity contribution >= 4 is 0 Å². The zero-order valence-electron chi connectivity index (χ0n) is 19.0. The third kappa shape index (κ3) is 10.9. The van der Waals surface area contributed by atoms with Gasteiger partial charge in [0, 0.05) is 0 Å². The number of aromatic hydroxyl groups is 2. The van der Waals surface area contributed by atoms with Crippen molar-refractivity contribution in [3.05, 3.63) is 58.7 Å². The summed E-state index contributed by atoms with van der Waals surface area (Å²) in [5.41, 5.74) is 4.07. The van der Waals surface area contributed by atoms with Crippen LogP contribution < -0.4 is 0 Å². The molecule has 0 fully saturated rings. The van der Waals surface area contributed by atoms with Crippen molar-refractivity contribution in [2.45, 2.75) is 91.6 Å². The molecule has 0 aromatic heterocycles. The van der Waals surface area contributed by atoms with Gasteiger partial charge in [-0.25, -0.2) is 0 Å². The molecule has 1 aromatic rings. The van der Waals surface area contributed by atoms with Crippen molar-refractivity contribution < 1.29 is 15.3 Å². The van der Waals surface area contributed by atoms with Crippen LogP contribution in [0, 0.1) is 0 Å². The predicted molar refractivity (Wildman–Crippen MR) is 123 cm³/mol. The molecular formula is C26H40O3. The summed E-state index contributed by atoms with van der Waals surface area (Å²) in [4.78, 5) is 0. The molecule has 1 aromatic carbocycles. The van der Waals surface area contributed by atoms with Gasteiger partial charge in [0.05, 0.1) is 5.60 Å². The molecule has 0 saturated carbocycles. The lowest BCUT2D eigenvalue weighted by Gasteiger charge is -2.23. The topological polar surface area (TPSA) is 60.7 Å². The zero-order chi connectivity index (χ0) is 21.9. The Kier molecular flexibility index (Phi) is 10.8. The largest absolute Gasteiger partial charge is 0.504 e. The molecular weight excluding hydrogens is 360 g/mol. The van der Waals surface area contributed by atoms with E-state index in [1.165, 1.54) is 22.8 Å². The maximum atomic E-state index is 10.6. The highest BCUT2D eigenvalue weighted by Crippen LogP contribution is 2.31. The smallest absolute Gasteiger partial charge is 0.160 e. The van der Waals surface area contributed by atoms with E-state index >= 15 is 0 Å². The molecule has 0 heterocycles. The van der Waals surface area contributed by atoms with E-state index in [0.717, 1.165) is 32.1 Å². The van der Waals surface area contributed by atoms with Crippen molar-refractivity contribution in [3.63, 3.8) is 0 Å². The highest BCUT2D eigenvalue weighted by molar-refractivity contribution is 5.44. The Bertz CT molecular complexity index is 719. The fourth-order valence-corrected chi connectivity index (χ4v) is 3.28. The van der Waals surface area contributed by atoms with Crippen LogP contribution >= 0.6 is 0 Å². The predicted octanol–water partition coefficient (Wildman–Crippen LogP) is 6.98. The second-order valence-corrected chi connectivity index (χ2v) is 8.78. The maximum Gasteiger partial charge on any atom is 0.160 e. The quantitative estimate of drug-likeness (QED) is 0.262. The molecule has 1 atom stereocenters. The number of phenolic OH excluding ortho intramolecular Hbond substituents is 2. The van der Waals surface area contributed by atoms with E-state index in [0.29, 0.717) is 24.8 Å². The van der Waals surface area contributed by atoms with Gasteiger partial charge in [0.1, 0.15) is 0 Å². The fraction of sp³-hybridized carbons (Fsp3) is 0.538. The van der Waals surface area contributed by atoms with Crippen LogP contribution in [-0.2, 0) is 6.42 Å². The molecule has 3 N–H and O–H groups in total. The molecule has 0 aliphatic carbocycles. The average Bonchev–Trinajstić information content (AvgIpc) is 2.62. The Balaban J connectivity index is 2.36. The van der Waals surface area contributed by atoms with Crippen molar-refractivity contribution in [2.75, 3.05) is 0 Å². The van der Waals surface area contributed by atoms with Gasteiger partial charge in [0.2, 0.25) is 0 Å². The number of allylic oxidation sites excluding steroid dienone is 6. The summed E-state index contributed by atoms with van der Waals surface area (Å²) >= 11 is 0. The molecule has 29 heavy (non-hydrogen) atoms. The van der Waals surface area contributed by atoms with Gasteiger partial charge >= 0.3 is 0 Å². The molecule has 0 aliphatic rings. The minimum Gasteiger partial charge on any atom is -0.504 e. The highest BCUT2D eigenvalue weighted by atomic mass is 16.3. The Morgan fingerprint density at radius 2 is 1.45 bits per heavy atom. The monoisotopic (exact) mass is 400 g/mol. The van der Waals surface area contributed by atoms with Crippen LogP contribution in [0.3, 0.4) is 0 Å². The molecule has 3 heteroatoms. The third-order valence-corrected chi connectivity index (χ3v) is 5.33. The normalized spacial score (nSPS) is 14.6. The van der Waals surface area contributed by atoms with Crippen LogP contribution in [0.25, 0.3) is 0 Å². The number of para-hydroxylation sites is 1. The Labute approximate surface area is 177 Å². The van der Waals surface area contributed by atoms with Gasteiger partial charge in [-0.2, -0.15) is 0 Å². The van der Waals surface area contributed by atoms with Crippen molar-refractivity contribution in [3.8, 4) is 11.5 Å². The summed E-state index contributed by atoms with van der Waals surface area (Å²) in [7, 11) is 0. The van der Waals surface area contributed by atoms with Gasteiger partial charge in [-0.15, -0.1) is 0 Å². The molecule has 1 unspecified atom stereocenters. The molecule has 0 bridgehead atoms. The summed E-state index contributed by atoms with van der Waals surface area (Å²) in [5, 5.41) is 30.1. The van der Waals surface area contributed by atoms with Gasteiger partial charge in [-0.1, -0.05) is 47.1 Å². The van der Waals surface area contributed by atoms with Crippen LogP contribution in [0.1, 0.15) is 85.1 Å². The Morgan fingerprint density at radius 1 is 0.862 bits per heavy atom. The van der Waals surface area contributed by atoms with Gasteiger partial charge in [-0.05, 0) is 97.6 Å². The fourth-order valence-electron chi connectivity index (χ4n) is 3.28. The van der Waals surface area contributed by atoms with Crippen LogP contribution in [-0.4, -0.2) is 20.9 Å². The third-order valence-electron chi connectivity index (χ3n) is 5.33. The Morgan fingerprint density at radius 3 is 2.07 bits per heavy atom. The molecule has 0 spiro atoms. The second kappa shape index (κ2) is 12.5. The molecule has 0 radical (unpaired) electrons. The SMILES string of the molecule is CC(C)=CCC/C(C)=C/CC/C(C)=C/CCC(C)(O)CCc1cccc(O)c1O. The van der Waals surface area contributed by atoms with Crippen LogP contribution in [0.15, 0.2) is 53.1 Å². The summed E-state index contributed by atoms with van der Waals surface area (Å²) in [5.74, 6) is -0.190. The number of aryl methyl sites for hydroxylation is 1. The minimum absolute atomic E-state index is 0.0803. The van der Waals surface area contributed by atoms with E-state index in [9.17, 15) is 15.3 Å². The minimum atomic E-state index is -0.796. The van der Waals surface area contributed by atoms with E-state index < -0.39 is 5.60 Å². The number of aliphatic hydroxyl groups is 1. The number of hydrogen-bond acceptors (Lipinski definition) is 3. The first kappa shape index (κ1) is 25.0. The van der Waals surface area contributed by atoms with Gasteiger partial charge in [0.25, 0.3) is 0 Å². The van der Waals surface area contributed by atoms with Crippen LogP contribution in [0.4, 0.5) is 0 Å². The summed E-state index contributed by atoms with van der Waals surface area (Å²) in [6, 6.07) is 4.96. The lowest BCUT2D eigenvalue weighted by Crippen LogP contribution is -2.24. The van der Waals surface area contributed by atoms with Crippen molar-refractivity contribution in [2.24, 2.45) is 0 Å². The summed E-state index contributed by atoms with van der Waals surface area (Å²) < 4.78 is 0. The van der Waals surface area contributed by atoms with Crippen LogP contribution in [0.5, 0.6) is 11.5 Å².